The van der Waals surface area contributed by atoms with Gasteiger partial charge in [0, 0.05) is 31.8 Å². The van der Waals surface area contributed by atoms with Crippen molar-refractivity contribution in [1.29, 1.82) is 1.28 Å². The van der Waals surface area contributed by atoms with E-state index in [9.17, 15) is 0 Å². The fraction of sp³-hybridized carbons (Fsp3) is 0.520. The van der Waals surface area contributed by atoms with E-state index in [-0.39, 0.29) is 18.9 Å². The average molecular weight is 450 g/mol. The summed E-state index contributed by atoms with van der Waals surface area (Å²) in [6.07, 6.45) is 3.43. The van der Waals surface area contributed by atoms with E-state index >= 15 is 0 Å². The number of nitrogens with one attached hydrogen (secondary N) is 2. The molecule has 0 aliphatic carbocycles. The van der Waals surface area contributed by atoms with Crippen LogP contribution in [0.25, 0.3) is 0 Å². The molecular formula is C25H41N2O3P. The lowest BCUT2D eigenvalue weighted by atomic mass is 10.2. The minimum Gasteiger partial charge on any atom is -0.395 e. The molecule has 0 radical (unpaired) electrons. The smallest absolute Gasteiger partial charge is 0.157 e. The van der Waals surface area contributed by atoms with Gasteiger partial charge in [0.25, 0.3) is 0 Å². The van der Waals surface area contributed by atoms with Crippen molar-refractivity contribution < 1.29 is 14.6 Å². The molecule has 0 bridgehead atoms. The average Bonchev–Trinajstić information content (AvgIpc) is 2.88. The Balaban J connectivity index is 0.000000318. The number of benzene rings is 2. The Morgan fingerprint density at radius 1 is 0.968 bits per heavy atom. The first-order valence-electron chi connectivity index (χ1n) is 11.6. The summed E-state index contributed by atoms with van der Waals surface area (Å²) in [6, 6.07) is 21.1. The zero-order valence-electron chi connectivity index (χ0n) is 20.0. The molecule has 1 saturated heterocycles. The van der Waals surface area contributed by atoms with Crippen molar-refractivity contribution in [1.82, 2.24) is 10.6 Å². The Bertz CT molecular complexity index is 661. The van der Waals surface area contributed by atoms with Crippen LogP contribution in [0.2, 0.25) is 0 Å². The Morgan fingerprint density at radius 2 is 1.52 bits per heavy atom. The molecule has 174 valence electrons. The van der Waals surface area contributed by atoms with Gasteiger partial charge in [0.2, 0.25) is 0 Å². The summed E-state index contributed by atoms with van der Waals surface area (Å²) in [7, 11) is 1.67. The molecule has 1 fully saturated rings. The Labute approximate surface area is 192 Å². The molecule has 2 aromatic rings. The Hall–Kier alpha value is -1.33. The summed E-state index contributed by atoms with van der Waals surface area (Å²) in [5.74, 6) is 0. The van der Waals surface area contributed by atoms with Crippen LogP contribution in [0.15, 0.2) is 60.7 Å². The molecule has 0 amide bonds. The van der Waals surface area contributed by atoms with Crippen LogP contribution in [0.4, 0.5) is 0 Å². The number of aliphatic hydroxyl groups excluding tert-OH is 1. The third-order valence-electron chi connectivity index (χ3n) is 4.94. The molecule has 6 heteroatoms. The highest BCUT2D eigenvalue weighted by molar-refractivity contribution is 6.92. The van der Waals surface area contributed by atoms with Crippen molar-refractivity contribution in [2.75, 3.05) is 19.8 Å². The van der Waals surface area contributed by atoms with Gasteiger partial charge in [-0.15, -0.1) is 0 Å². The normalized spacial score (nSPS) is 17.8. The first kappa shape index (κ1) is 25.9. The van der Waals surface area contributed by atoms with Crippen molar-refractivity contribution >= 4 is 9.84 Å². The molecule has 1 aliphatic heterocycles. The van der Waals surface area contributed by atoms with Crippen LogP contribution in [-0.4, -0.2) is 44.6 Å². The van der Waals surface area contributed by atoms with Crippen LogP contribution >= 0.6 is 9.84 Å². The van der Waals surface area contributed by atoms with Crippen molar-refractivity contribution in [3.05, 3.63) is 71.8 Å². The fourth-order valence-corrected chi connectivity index (χ4v) is 2.99. The third kappa shape index (κ3) is 13.0. The molecule has 0 spiro atoms. The minimum atomic E-state index is 0.0136. The van der Waals surface area contributed by atoms with E-state index in [2.05, 4.69) is 54.0 Å². The van der Waals surface area contributed by atoms with Crippen molar-refractivity contribution in [3.63, 3.8) is 0 Å². The van der Waals surface area contributed by atoms with Gasteiger partial charge < -0.3 is 25.2 Å². The maximum atomic E-state index is 8.75. The summed E-state index contributed by atoms with van der Waals surface area (Å²) < 4.78 is 17.0. The van der Waals surface area contributed by atoms with Crippen molar-refractivity contribution in [2.24, 2.45) is 0 Å². The number of aliphatic hydroxyl groups is 1. The topological polar surface area (TPSA) is 62.8 Å². The van der Waals surface area contributed by atoms with E-state index in [0.29, 0.717) is 12.6 Å². The molecule has 0 aromatic heterocycles. The second kappa shape index (κ2) is 17.3. The van der Waals surface area contributed by atoms with Gasteiger partial charge in [0.15, 0.2) is 6.29 Å². The second-order valence-electron chi connectivity index (χ2n) is 7.85. The number of hydrogen-bond donors (Lipinski definition) is 3. The van der Waals surface area contributed by atoms with Gasteiger partial charge in [-0.05, 0) is 44.2 Å². The van der Waals surface area contributed by atoms with Crippen LogP contribution in [0, 0.1) is 0 Å². The van der Waals surface area contributed by atoms with Crippen LogP contribution in [0.5, 0.6) is 0 Å². The summed E-state index contributed by atoms with van der Waals surface area (Å²) in [5.41, 5.74) is 2.55. The zero-order chi connectivity index (χ0) is 23.4. The standard InChI is InChI=1S/C15H23NO2.C10H15NO.H3P/c1-13(12-18-15-9-5-6-10-17-15)16-11-14-7-3-2-4-8-14;1-9(8-12)11-7-10-5-3-2-4-6-10;/h2-4,7-8,13,15-16H,5-6,9-12H2,1H3;2-6,9,11-12H,7-8H2,1H3;1H3/t13-,15?;9-;/m11./s1/i;;1D. The molecule has 0 saturated carbocycles. The van der Waals surface area contributed by atoms with E-state index in [0.717, 1.165) is 26.1 Å². The minimum absolute atomic E-state index is 0.0136. The van der Waals surface area contributed by atoms with Gasteiger partial charge in [-0.3, -0.25) is 0 Å². The molecule has 5 nitrogen and oxygen atoms in total. The van der Waals surface area contributed by atoms with Gasteiger partial charge in [-0.1, -0.05) is 60.7 Å². The molecule has 3 N–H and O–H groups in total. The largest absolute Gasteiger partial charge is 0.395 e. The van der Waals surface area contributed by atoms with Crippen LogP contribution in [-0.2, 0) is 22.6 Å². The molecule has 2 aromatic carbocycles. The van der Waals surface area contributed by atoms with Crippen molar-refractivity contribution in [2.45, 2.75) is 64.6 Å². The first-order valence-corrected chi connectivity index (χ1v) is 11.1. The molecule has 31 heavy (non-hydrogen) atoms. The Morgan fingerprint density at radius 3 is 2.00 bits per heavy atom. The molecular weight excluding hydrogens is 407 g/mol. The highest BCUT2D eigenvalue weighted by Crippen LogP contribution is 2.13. The van der Waals surface area contributed by atoms with E-state index in [1.165, 1.54) is 24.0 Å². The molecule has 2 unspecified atom stereocenters. The Kier molecular flexibility index (Phi) is 14.4. The van der Waals surface area contributed by atoms with E-state index in [1.807, 2.05) is 31.2 Å². The van der Waals surface area contributed by atoms with Gasteiger partial charge >= 0.3 is 0 Å². The van der Waals surface area contributed by atoms with Gasteiger partial charge in [-0.2, -0.15) is 9.84 Å². The lowest BCUT2D eigenvalue weighted by molar-refractivity contribution is -0.165. The summed E-state index contributed by atoms with van der Waals surface area (Å²) >= 11 is 0. The van der Waals surface area contributed by atoms with Crippen LogP contribution < -0.4 is 10.6 Å². The second-order valence-corrected chi connectivity index (χ2v) is 7.85. The maximum Gasteiger partial charge on any atom is 0.157 e. The first-order chi connectivity index (χ1) is 15.7. The van der Waals surface area contributed by atoms with Gasteiger partial charge in [0.1, 0.15) is 0 Å². The third-order valence-corrected chi connectivity index (χ3v) is 4.94. The summed E-state index contributed by atoms with van der Waals surface area (Å²) in [6.45, 7) is 7.55. The highest BCUT2D eigenvalue weighted by atomic mass is 31.0. The summed E-state index contributed by atoms with van der Waals surface area (Å²) in [5, 5.41) is 15.4. The SMILES string of the molecule is C[C@H](CO)NCc1ccccc1.C[C@H](COC1CCCCO1)NCc1ccccc1.[2H]P. The number of hydrogen-bond acceptors (Lipinski definition) is 5. The van der Waals surface area contributed by atoms with Crippen LogP contribution in [0.3, 0.4) is 0 Å². The monoisotopic (exact) mass is 449 g/mol. The predicted octanol–water partition coefficient (Wildman–Crippen LogP) is 3.92. The van der Waals surface area contributed by atoms with E-state index in [1.54, 1.807) is 9.84 Å². The predicted molar refractivity (Wildman–Crippen MR) is 133 cm³/mol. The quantitative estimate of drug-likeness (QED) is 0.480. The van der Waals surface area contributed by atoms with E-state index < -0.39 is 0 Å². The molecule has 1 aliphatic rings. The van der Waals surface area contributed by atoms with E-state index in [4.69, 9.17) is 15.9 Å². The van der Waals surface area contributed by atoms with Crippen molar-refractivity contribution in [3.8, 4) is 0 Å². The van der Waals surface area contributed by atoms with Gasteiger partial charge in [0.05, 0.1) is 14.5 Å². The fourth-order valence-electron chi connectivity index (χ4n) is 2.99. The van der Waals surface area contributed by atoms with Crippen LogP contribution in [0.1, 0.15) is 44.2 Å². The lowest BCUT2D eigenvalue weighted by Crippen LogP contribution is -2.33. The number of ether oxygens (including phenoxy) is 2. The molecule has 1 heterocycles. The zero-order valence-corrected chi connectivity index (χ0v) is 20.2. The lowest BCUT2D eigenvalue weighted by Gasteiger charge is -2.24. The summed E-state index contributed by atoms with van der Waals surface area (Å²) in [4.78, 5) is 0. The molecule has 3 rings (SSSR count). The molecule has 4 atom stereocenters. The number of rotatable bonds is 10. The maximum absolute atomic E-state index is 8.75. The van der Waals surface area contributed by atoms with Gasteiger partial charge in [-0.25, -0.2) is 0 Å². The highest BCUT2D eigenvalue weighted by Gasteiger charge is 2.15.